The van der Waals surface area contributed by atoms with Crippen LogP contribution in [-0.2, 0) is 17.6 Å². The highest BCUT2D eigenvalue weighted by Crippen LogP contribution is 2.24. The molecule has 17 heavy (non-hydrogen) atoms. The molecule has 1 heterocycles. The lowest BCUT2D eigenvalue weighted by molar-refractivity contribution is -0.0913. The number of fused-ring (bicyclic) bond motifs is 1. The molecule has 3 rings (SSSR count). The van der Waals surface area contributed by atoms with Gasteiger partial charge in [0, 0.05) is 6.04 Å². The van der Waals surface area contributed by atoms with E-state index in [1.54, 1.807) is 0 Å². The minimum absolute atomic E-state index is 0.122. The molecule has 2 aliphatic rings. The van der Waals surface area contributed by atoms with Crippen molar-refractivity contribution in [3.8, 4) is 0 Å². The molecular weight excluding hydrogens is 217 g/mol. The Morgan fingerprint density at radius 3 is 2.53 bits per heavy atom. The van der Waals surface area contributed by atoms with Gasteiger partial charge in [-0.05, 0) is 36.8 Å². The number of nitrogens with one attached hydrogen (secondary N) is 1. The third-order valence-corrected chi connectivity index (χ3v) is 3.75. The molecule has 92 valence electrons. The molecule has 1 aromatic rings. The summed E-state index contributed by atoms with van der Waals surface area (Å²) in [6.45, 7) is 0.560. The van der Waals surface area contributed by atoms with E-state index in [2.05, 4.69) is 29.6 Å². The van der Waals surface area contributed by atoms with Gasteiger partial charge in [-0.3, -0.25) is 0 Å². The first-order chi connectivity index (χ1) is 8.33. The molecule has 0 bridgehead atoms. The summed E-state index contributed by atoms with van der Waals surface area (Å²) in [5, 5.41) is 3.41. The number of hydrogen-bond donors (Lipinski definition) is 1. The van der Waals surface area contributed by atoms with Gasteiger partial charge in [0.15, 0.2) is 0 Å². The molecule has 0 amide bonds. The molecule has 0 spiro atoms. The van der Waals surface area contributed by atoms with Crippen molar-refractivity contribution < 1.29 is 9.13 Å². The summed E-state index contributed by atoms with van der Waals surface area (Å²) in [6.07, 6.45) is 2.73. The molecule has 1 aliphatic heterocycles. The minimum atomic E-state index is -1.13. The maximum absolute atomic E-state index is 13.5. The summed E-state index contributed by atoms with van der Waals surface area (Å²) in [4.78, 5) is 0. The average Bonchev–Trinajstić information content (AvgIpc) is 2.74. The number of ether oxygens (including phenoxy) is 1. The maximum atomic E-state index is 13.5. The fourth-order valence-corrected chi connectivity index (χ4v) is 2.88. The van der Waals surface area contributed by atoms with Crippen LogP contribution in [-0.4, -0.2) is 25.0 Å². The Balaban J connectivity index is 1.61. The normalized spacial score (nSPS) is 29.2. The summed E-state index contributed by atoms with van der Waals surface area (Å²) in [5.41, 5.74) is 2.80. The van der Waals surface area contributed by atoms with Gasteiger partial charge in [0.05, 0.1) is 12.6 Å². The van der Waals surface area contributed by atoms with Gasteiger partial charge in [-0.25, -0.2) is 4.39 Å². The van der Waals surface area contributed by atoms with E-state index >= 15 is 0 Å². The van der Waals surface area contributed by atoms with Gasteiger partial charge in [-0.2, -0.15) is 0 Å². The molecule has 2 nitrogen and oxygen atoms in total. The summed E-state index contributed by atoms with van der Waals surface area (Å²) < 4.78 is 18.6. The van der Waals surface area contributed by atoms with Crippen molar-refractivity contribution in [3.05, 3.63) is 35.4 Å². The zero-order valence-corrected chi connectivity index (χ0v) is 9.86. The van der Waals surface area contributed by atoms with E-state index in [1.165, 1.54) is 11.1 Å². The van der Waals surface area contributed by atoms with Crippen molar-refractivity contribution in [2.24, 2.45) is 0 Å². The summed E-state index contributed by atoms with van der Waals surface area (Å²) in [7, 11) is 0. The Morgan fingerprint density at radius 2 is 1.88 bits per heavy atom. The number of halogens is 1. The Kier molecular flexibility index (Phi) is 3.12. The van der Waals surface area contributed by atoms with Gasteiger partial charge >= 0.3 is 0 Å². The largest absolute Gasteiger partial charge is 0.347 e. The summed E-state index contributed by atoms with van der Waals surface area (Å²) in [5.74, 6) is 0. The van der Waals surface area contributed by atoms with Crippen LogP contribution in [0, 0.1) is 0 Å². The van der Waals surface area contributed by atoms with Gasteiger partial charge < -0.3 is 10.1 Å². The van der Waals surface area contributed by atoms with Crippen LogP contribution >= 0.6 is 0 Å². The highest BCUT2D eigenvalue weighted by atomic mass is 19.1. The molecule has 2 unspecified atom stereocenters. The van der Waals surface area contributed by atoms with E-state index < -0.39 is 6.36 Å². The van der Waals surface area contributed by atoms with Crippen LogP contribution in [0.3, 0.4) is 0 Å². The molecule has 0 radical (unpaired) electrons. The smallest absolute Gasteiger partial charge is 0.214 e. The van der Waals surface area contributed by atoms with Gasteiger partial charge in [0.1, 0.15) is 0 Å². The molecule has 1 saturated heterocycles. The van der Waals surface area contributed by atoms with E-state index in [0.29, 0.717) is 12.6 Å². The first-order valence-corrected chi connectivity index (χ1v) is 6.41. The van der Waals surface area contributed by atoms with Crippen LogP contribution in [0.2, 0.25) is 0 Å². The molecule has 1 N–H and O–H groups in total. The highest BCUT2D eigenvalue weighted by molar-refractivity contribution is 5.33. The molecule has 1 aromatic carbocycles. The topological polar surface area (TPSA) is 21.3 Å². The van der Waals surface area contributed by atoms with Crippen LogP contribution in [0.1, 0.15) is 24.0 Å². The van der Waals surface area contributed by atoms with Gasteiger partial charge in [-0.1, -0.05) is 24.3 Å². The number of alkyl halides is 1. The van der Waals surface area contributed by atoms with E-state index in [1.807, 2.05) is 0 Å². The van der Waals surface area contributed by atoms with E-state index in [0.717, 1.165) is 25.7 Å². The van der Waals surface area contributed by atoms with Crippen molar-refractivity contribution in [2.45, 2.75) is 44.1 Å². The summed E-state index contributed by atoms with van der Waals surface area (Å²) >= 11 is 0. The number of hydrogen-bond acceptors (Lipinski definition) is 2. The fraction of sp³-hybridized carbons (Fsp3) is 0.571. The average molecular weight is 235 g/mol. The van der Waals surface area contributed by atoms with Crippen LogP contribution in [0.15, 0.2) is 24.3 Å². The quantitative estimate of drug-likeness (QED) is 0.848. The first-order valence-electron chi connectivity index (χ1n) is 6.41. The minimum Gasteiger partial charge on any atom is -0.347 e. The predicted octanol–water partition coefficient (Wildman–Crippen LogP) is 2.22. The van der Waals surface area contributed by atoms with Crippen molar-refractivity contribution in [3.63, 3.8) is 0 Å². The van der Waals surface area contributed by atoms with E-state index in [4.69, 9.17) is 4.74 Å². The standard InChI is InChI=1S/C14H18FNO/c15-14-13(6-3-7-17-14)16-12-8-10-4-1-2-5-11(10)9-12/h1-2,4-5,12-14,16H,3,6-9H2. The van der Waals surface area contributed by atoms with Gasteiger partial charge in [0.2, 0.25) is 6.36 Å². The van der Waals surface area contributed by atoms with E-state index in [-0.39, 0.29) is 6.04 Å². The highest BCUT2D eigenvalue weighted by Gasteiger charge is 2.30. The van der Waals surface area contributed by atoms with Crippen LogP contribution < -0.4 is 5.32 Å². The maximum Gasteiger partial charge on any atom is 0.214 e. The molecule has 3 heteroatoms. The van der Waals surface area contributed by atoms with E-state index in [9.17, 15) is 4.39 Å². The van der Waals surface area contributed by atoms with Gasteiger partial charge in [-0.15, -0.1) is 0 Å². The molecular formula is C14H18FNO. The Bertz CT molecular complexity index is 371. The number of benzene rings is 1. The third kappa shape index (κ3) is 2.35. The molecule has 0 aromatic heterocycles. The van der Waals surface area contributed by atoms with Crippen LogP contribution in [0.25, 0.3) is 0 Å². The fourth-order valence-electron chi connectivity index (χ4n) is 2.88. The predicted molar refractivity (Wildman–Crippen MR) is 64.6 cm³/mol. The SMILES string of the molecule is FC1OCCCC1NC1Cc2ccccc2C1. The van der Waals surface area contributed by atoms with Crippen molar-refractivity contribution >= 4 is 0 Å². The Morgan fingerprint density at radius 1 is 1.18 bits per heavy atom. The molecule has 1 fully saturated rings. The second kappa shape index (κ2) is 4.75. The van der Waals surface area contributed by atoms with Crippen LogP contribution in [0.4, 0.5) is 4.39 Å². The third-order valence-electron chi connectivity index (χ3n) is 3.75. The Labute approximate surface area is 101 Å². The zero-order valence-electron chi connectivity index (χ0n) is 9.86. The molecule has 0 saturated carbocycles. The second-order valence-electron chi connectivity index (χ2n) is 5.01. The zero-order chi connectivity index (χ0) is 11.7. The molecule has 2 atom stereocenters. The molecule has 1 aliphatic carbocycles. The lowest BCUT2D eigenvalue weighted by Crippen LogP contribution is -2.47. The lowest BCUT2D eigenvalue weighted by atomic mass is 10.1. The van der Waals surface area contributed by atoms with Crippen LogP contribution in [0.5, 0.6) is 0 Å². The van der Waals surface area contributed by atoms with Gasteiger partial charge in [0.25, 0.3) is 0 Å². The Hall–Kier alpha value is -0.930. The second-order valence-corrected chi connectivity index (χ2v) is 5.01. The summed E-state index contributed by atoms with van der Waals surface area (Å²) in [6, 6.07) is 8.73. The van der Waals surface area contributed by atoms with Crippen molar-refractivity contribution in [1.82, 2.24) is 5.32 Å². The monoisotopic (exact) mass is 235 g/mol. The lowest BCUT2D eigenvalue weighted by Gasteiger charge is -2.29. The number of rotatable bonds is 2. The first kappa shape index (κ1) is 11.2. The van der Waals surface area contributed by atoms with Crippen molar-refractivity contribution in [1.29, 1.82) is 0 Å². The van der Waals surface area contributed by atoms with Crippen molar-refractivity contribution in [2.75, 3.05) is 6.61 Å².